The van der Waals surface area contributed by atoms with Crippen molar-refractivity contribution in [2.75, 3.05) is 0 Å². The highest BCUT2D eigenvalue weighted by molar-refractivity contribution is 6.35. The summed E-state index contributed by atoms with van der Waals surface area (Å²) in [6.07, 6.45) is 1.57. The fourth-order valence-corrected chi connectivity index (χ4v) is 3.68. The van der Waals surface area contributed by atoms with E-state index in [2.05, 4.69) is 0 Å². The van der Waals surface area contributed by atoms with Gasteiger partial charge in [0.15, 0.2) is 5.78 Å². The first kappa shape index (κ1) is 18.9. The second-order valence-corrected chi connectivity index (χ2v) is 7.07. The highest BCUT2D eigenvalue weighted by Crippen LogP contribution is 2.31. The Morgan fingerprint density at radius 1 is 1.00 bits per heavy atom. The van der Waals surface area contributed by atoms with Crippen LogP contribution >= 0.6 is 11.6 Å². The number of carboxylic acid groups (broad SMARTS) is 1. The molecule has 0 saturated carbocycles. The minimum Gasteiger partial charge on any atom is -0.478 e. The van der Waals surface area contributed by atoms with Gasteiger partial charge < -0.3 is 9.67 Å². The van der Waals surface area contributed by atoms with Crippen molar-refractivity contribution < 1.29 is 19.1 Å². The first-order valence-electron chi connectivity index (χ1n) is 8.81. The van der Waals surface area contributed by atoms with E-state index >= 15 is 0 Å². The van der Waals surface area contributed by atoms with Gasteiger partial charge in [0.05, 0.1) is 21.8 Å². The Balaban J connectivity index is 1.97. The number of aromatic nitrogens is 1. The van der Waals surface area contributed by atoms with Crippen LogP contribution in [-0.2, 0) is 0 Å². The molecule has 0 bridgehead atoms. The van der Waals surface area contributed by atoms with Crippen LogP contribution in [0.15, 0.2) is 66.9 Å². The van der Waals surface area contributed by atoms with E-state index in [1.165, 1.54) is 12.1 Å². The van der Waals surface area contributed by atoms with E-state index in [1.807, 2.05) is 19.1 Å². The molecule has 0 unspecified atom stereocenters. The number of nitrogens with zero attached hydrogens (tertiary/aromatic N) is 1. The van der Waals surface area contributed by atoms with Crippen LogP contribution in [0.25, 0.3) is 16.6 Å². The van der Waals surface area contributed by atoms with Gasteiger partial charge in [0.25, 0.3) is 0 Å². The number of aryl methyl sites for hydroxylation is 1. The molecular formula is C23H15ClFNO3. The summed E-state index contributed by atoms with van der Waals surface area (Å²) in [4.78, 5) is 24.3. The summed E-state index contributed by atoms with van der Waals surface area (Å²) in [5.74, 6) is -2.17. The molecule has 0 radical (unpaired) electrons. The maximum Gasteiger partial charge on any atom is 0.335 e. The first-order valence-corrected chi connectivity index (χ1v) is 9.19. The topological polar surface area (TPSA) is 59.3 Å². The quantitative estimate of drug-likeness (QED) is 0.444. The Bertz CT molecular complexity index is 1290. The number of carbonyl (C=O) groups excluding carboxylic acids is 1. The summed E-state index contributed by atoms with van der Waals surface area (Å²) in [6.45, 7) is 1.87. The van der Waals surface area contributed by atoms with E-state index in [9.17, 15) is 14.0 Å². The molecule has 6 heteroatoms. The average molecular weight is 408 g/mol. The van der Waals surface area contributed by atoms with E-state index in [4.69, 9.17) is 16.7 Å². The van der Waals surface area contributed by atoms with Crippen LogP contribution in [-0.4, -0.2) is 21.4 Å². The normalized spacial score (nSPS) is 11.0. The van der Waals surface area contributed by atoms with Crippen LogP contribution in [0.4, 0.5) is 4.39 Å². The third-order valence-corrected chi connectivity index (χ3v) is 5.17. The molecule has 3 aromatic carbocycles. The Labute approximate surface area is 170 Å². The van der Waals surface area contributed by atoms with Gasteiger partial charge in [-0.05, 0) is 42.8 Å². The SMILES string of the molecule is Cc1cccc2c(C(=O)c3ccccc3Cl)cn(-c3ccc(C(=O)O)cc3F)c12. The molecule has 4 rings (SSSR count). The highest BCUT2D eigenvalue weighted by atomic mass is 35.5. The van der Waals surface area contributed by atoms with Gasteiger partial charge in [-0.2, -0.15) is 0 Å². The highest BCUT2D eigenvalue weighted by Gasteiger charge is 2.21. The van der Waals surface area contributed by atoms with E-state index in [1.54, 1.807) is 41.1 Å². The number of ketones is 1. The molecule has 4 aromatic rings. The van der Waals surface area contributed by atoms with Crippen LogP contribution in [0.5, 0.6) is 0 Å². The smallest absolute Gasteiger partial charge is 0.335 e. The van der Waals surface area contributed by atoms with Crippen molar-refractivity contribution in [2.45, 2.75) is 6.92 Å². The molecule has 0 aliphatic heterocycles. The number of fused-ring (bicyclic) bond motifs is 1. The minimum absolute atomic E-state index is 0.146. The number of benzene rings is 3. The maximum atomic E-state index is 14.8. The third kappa shape index (κ3) is 3.19. The molecule has 29 heavy (non-hydrogen) atoms. The zero-order valence-electron chi connectivity index (χ0n) is 15.3. The minimum atomic E-state index is -1.21. The van der Waals surface area contributed by atoms with Crippen LogP contribution in [0.1, 0.15) is 31.8 Å². The molecule has 0 spiro atoms. The molecule has 1 heterocycles. The largest absolute Gasteiger partial charge is 0.478 e. The Hall–Kier alpha value is -3.44. The third-order valence-electron chi connectivity index (χ3n) is 4.84. The number of halogens is 2. The van der Waals surface area contributed by atoms with Crippen LogP contribution < -0.4 is 0 Å². The summed E-state index contributed by atoms with van der Waals surface area (Å²) in [6, 6.07) is 16.0. The summed E-state index contributed by atoms with van der Waals surface area (Å²) in [7, 11) is 0. The predicted octanol–water partition coefficient (Wildman–Crippen LogP) is 5.66. The molecule has 0 atom stereocenters. The zero-order chi connectivity index (χ0) is 20.7. The van der Waals surface area contributed by atoms with Gasteiger partial charge in [-0.15, -0.1) is 0 Å². The maximum absolute atomic E-state index is 14.8. The number of rotatable bonds is 4. The molecule has 144 valence electrons. The van der Waals surface area contributed by atoms with Crippen LogP contribution in [0.2, 0.25) is 5.02 Å². The van der Waals surface area contributed by atoms with Gasteiger partial charge in [-0.25, -0.2) is 9.18 Å². The van der Waals surface area contributed by atoms with E-state index < -0.39 is 11.8 Å². The lowest BCUT2D eigenvalue weighted by atomic mass is 10.0. The number of carbonyl (C=O) groups is 2. The molecule has 0 saturated heterocycles. The fourth-order valence-electron chi connectivity index (χ4n) is 3.46. The molecule has 0 amide bonds. The van der Waals surface area contributed by atoms with Crippen LogP contribution in [0, 0.1) is 12.7 Å². The lowest BCUT2D eigenvalue weighted by Crippen LogP contribution is -2.03. The summed E-state index contributed by atoms with van der Waals surface area (Å²) in [5.41, 5.74) is 2.28. The molecule has 0 aliphatic rings. The lowest BCUT2D eigenvalue weighted by molar-refractivity contribution is 0.0696. The van der Waals surface area contributed by atoms with Crippen molar-refractivity contribution in [3.63, 3.8) is 0 Å². The van der Waals surface area contributed by atoms with Crippen LogP contribution in [0.3, 0.4) is 0 Å². The van der Waals surface area contributed by atoms with Gasteiger partial charge in [0.1, 0.15) is 5.82 Å². The number of carboxylic acids is 1. The van der Waals surface area contributed by atoms with Gasteiger partial charge in [-0.1, -0.05) is 41.9 Å². The number of para-hydroxylation sites is 1. The molecule has 1 aromatic heterocycles. The Morgan fingerprint density at radius 3 is 2.45 bits per heavy atom. The average Bonchev–Trinajstić information content (AvgIpc) is 3.08. The van der Waals surface area contributed by atoms with Crippen molar-refractivity contribution in [1.82, 2.24) is 4.57 Å². The number of hydrogen-bond donors (Lipinski definition) is 1. The van der Waals surface area contributed by atoms with Crippen molar-refractivity contribution in [1.29, 1.82) is 0 Å². The van der Waals surface area contributed by atoms with Gasteiger partial charge in [0, 0.05) is 22.7 Å². The Kier molecular flexibility index (Phi) is 4.68. The standard InChI is InChI=1S/C23H15ClFNO3/c1-13-5-4-7-15-17(22(27)16-6-2-3-8-18(16)24)12-26(21(13)15)20-10-9-14(23(28)29)11-19(20)25/h2-12H,1H3,(H,28,29). The second-order valence-electron chi connectivity index (χ2n) is 6.66. The van der Waals surface area contributed by atoms with Crippen molar-refractivity contribution in [3.05, 3.63) is 100.0 Å². The fraction of sp³-hybridized carbons (Fsp3) is 0.0435. The lowest BCUT2D eigenvalue weighted by Gasteiger charge is -2.09. The Morgan fingerprint density at radius 2 is 1.76 bits per heavy atom. The summed E-state index contributed by atoms with van der Waals surface area (Å²) >= 11 is 6.20. The molecular weight excluding hydrogens is 393 g/mol. The first-order chi connectivity index (χ1) is 13.9. The van der Waals surface area contributed by atoms with Crippen molar-refractivity contribution in [2.24, 2.45) is 0 Å². The molecule has 0 fully saturated rings. The summed E-state index contributed by atoms with van der Waals surface area (Å²) in [5, 5.41) is 10.1. The van der Waals surface area contributed by atoms with Gasteiger partial charge >= 0.3 is 5.97 Å². The monoisotopic (exact) mass is 407 g/mol. The zero-order valence-corrected chi connectivity index (χ0v) is 16.1. The van der Waals surface area contributed by atoms with E-state index in [-0.39, 0.29) is 17.0 Å². The second kappa shape index (κ2) is 7.18. The molecule has 4 nitrogen and oxygen atoms in total. The van der Waals surface area contributed by atoms with E-state index in [0.717, 1.165) is 11.6 Å². The number of aromatic carboxylic acids is 1. The molecule has 1 N–H and O–H groups in total. The summed E-state index contributed by atoms with van der Waals surface area (Å²) < 4.78 is 16.3. The molecule has 0 aliphatic carbocycles. The number of hydrogen-bond acceptors (Lipinski definition) is 2. The van der Waals surface area contributed by atoms with Crippen molar-refractivity contribution >= 4 is 34.3 Å². The van der Waals surface area contributed by atoms with Gasteiger partial charge in [-0.3, -0.25) is 4.79 Å². The predicted molar refractivity (Wildman–Crippen MR) is 110 cm³/mol. The van der Waals surface area contributed by atoms with E-state index in [0.29, 0.717) is 27.1 Å². The van der Waals surface area contributed by atoms with Crippen molar-refractivity contribution in [3.8, 4) is 5.69 Å². The van der Waals surface area contributed by atoms with Gasteiger partial charge in [0.2, 0.25) is 0 Å².